The van der Waals surface area contributed by atoms with Gasteiger partial charge < -0.3 is 30.3 Å². The Bertz CT molecular complexity index is 819. The summed E-state index contributed by atoms with van der Waals surface area (Å²) >= 11 is 0. The Balaban J connectivity index is 1.61. The fraction of sp³-hybridized carbons (Fsp3) is 0.409. The first-order chi connectivity index (χ1) is 14.5. The van der Waals surface area contributed by atoms with Gasteiger partial charge in [0.15, 0.2) is 0 Å². The standard InChI is InChI=1S/C22H29N3O5/c1-25(13-15-7-4-3-5-8-15)20-18(30-19(14-26)21(20)27)12-23-22(28)24-16-9-6-10-17(11-16)29-2/h3-11,18-21,26-27H,12-14H2,1-2H3,(H2,23,24,28)/t18-,19+,20+,21-/m1/s1. The molecule has 2 aromatic carbocycles. The molecule has 0 unspecified atom stereocenters. The van der Waals surface area contributed by atoms with Gasteiger partial charge in [0.05, 0.1) is 25.9 Å². The molecule has 1 saturated heterocycles. The number of carbonyl (C=O) groups is 1. The molecule has 0 aliphatic carbocycles. The molecule has 8 heteroatoms. The van der Waals surface area contributed by atoms with Crippen LogP contribution in [0.5, 0.6) is 5.75 Å². The van der Waals surface area contributed by atoms with Gasteiger partial charge in [0.2, 0.25) is 0 Å². The molecule has 0 radical (unpaired) electrons. The number of urea groups is 1. The van der Waals surface area contributed by atoms with Crippen LogP contribution in [0, 0.1) is 0 Å². The Morgan fingerprint density at radius 2 is 1.93 bits per heavy atom. The molecule has 4 N–H and O–H groups in total. The van der Waals surface area contributed by atoms with Crippen molar-refractivity contribution in [3.05, 3.63) is 60.2 Å². The number of benzene rings is 2. The minimum atomic E-state index is -0.864. The van der Waals surface area contributed by atoms with Gasteiger partial charge in [-0.2, -0.15) is 0 Å². The molecule has 2 amide bonds. The van der Waals surface area contributed by atoms with Gasteiger partial charge in [-0.3, -0.25) is 4.90 Å². The van der Waals surface area contributed by atoms with E-state index in [9.17, 15) is 15.0 Å². The van der Waals surface area contributed by atoms with Crippen molar-refractivity contribution in [3.63, 3.8) is 0 Å². The fourth-order valence-electron chi connectivity index (χ4n) is 3.74. The Kier molecular flexibility index (Phi) is 7.64. The average molecular weight is 415 g/mol. The second-order valence-corrected chi connectivity index (χ2v) is 7.34. The number of likely N-dealkylation sites (N-methyl/N-ethyl adjacent to an activating group) is 1. The van der Waals surface area contributed by atoms with E-state index >= 15 is 0 Å². The van der Waals surface area contributed by atoms with Crippen molar-refractivity contribution in [2.24, 2.45) is 0 Å². The predicted molar refractivity (Wildman–Crippen MR) is 113 cm³/mol. The molecule has 1 aliphatic heterocycles. The molecule has 30 heavy (non-hydrogen) atoms. The van der Waals surface area contributed by atoms with Crippen molar-refractivity contribution in [3.8, 4) is 5.75 Å². The van der Waals surface area contributed by atoms with E-state index in [1.807, 2.05) is 42.3 Å². The summed E-state index contributed by atoms with van der Waals surface area (Å²) in [6.45, 7) is 0.507. The lowest BCUT2D eigenvalue weighted by atomic mass is 10.0. The van der Waals surface area contributed by atoms with Crippen LogP contribution < -0.4 is 15.4 Å². The van der Waals surface area contributed by atoms with Crippen LogP contribution in [0.4, 0.5) is 10.5 Å². The largest absolute Gasteiger partial charge is 0.497 e. The van der Waals surface area contributed by atoms with Gasteiger partial charge in [-0.15, -0.1) is 0 Å². The van der Waals surface area contributed by atoms with Crippen molar-refractivity contribution in [2.45, 2.75) is 30.9 Å². The smallest absolute Gasteiger partial charge is 0.319 e. The number of methoxy groups -OCH3 is 1. The van der Waals surface area contributed by atoms with Crippen molar-refractivity contribution in [2.75, 3.05) is 32.6 Å². The normalized spacial score (nSPS) is 23.4. The van der Waals surface area contributed by atoms with Gasteiger partial charge in [0.25, 0.3) is 0 Å². The van der Waals surface area contributed by atoms with E-state index in [4.69, 9.17) is 9.47 Å². The summed E-state index contributed by atoms with van der Waals surface area (Å²) in [7, 11) is 3.46. The molecular formula is C22H29N3O5. The van der Waals surface area contributed by atoms with Crippen LogP contribution in [0.3, 0.4) is 0 Å². The highest BCUT2D eigenvalue weighted by molar-refractivity contribution is 5.89. The maximum absolute atomic E-state index is 12.3. The minimum Gasteiger partial charge on any atom is -0.497 e. The van der Waals surface area contributed by atoms with Crippen LogP contribution in [0.1, 0.15) is 5.56 Å². The Hall–Kier alpha value is -2.65. The van der Waals surface area contributed by atoms with Gasteiger partial charge in [-0.25, -0.2) is 4.79 Å². The van der Waals surface area contributed by atoms with E-state index in [0.29, 0.717) is 18.0 Å². The van der Waals surface area contributed by atoms with Gasteiger partial charge in [-0.1, -0.05) is 36.4 Å². The van der Waals surface area contributed by atoms with Crippen LogP contribution in [0.25, 0.3) is 0 Å². The number of carbonyl (C=O) groups excluding carboxylic acids is 1. The first-order valence-corrected chi connectivity index (χ1v) is 9.89. The molecule has 1 heterocycles. The quantitative estimate of drug-likeness (QED) is 0.520. The zero-order chi connectivity index (χ0) is 21.5. The van der Waals surface area contributed by atoms with E-state index in [0.717, 1.165) is 5.56 Å². The van der Waals surface area contributed by atoms with Crippen molar-refractivity contribution in [1.29, 1.82) is 0 Å². The number of aliphatic hydroxyl groups is 2. The predicted octanol–water partition coefficient (Wildman–Crippen LogP) is 1.44. The zero-order valence-corrected chi connectivity index (χ0v) is 17.2. The SMILES string of the molecule is COc1cccc(NC(=O)NC[C@H]2O[C@@H](CO)[C@@H](O)[C@H]2N(C)Cc2ccccc2)c1. The molecule has 4 atom stereocenters. The number of anilines is 1. The third-order valence-corrected chi connectivity index (χ3v) is 5.22. The Labute approximate surface area is 176 Å². The Morgan fingerprint density at radius 1 is 1.17 bits per heavy atom. The number of hydrogen-bond acceptors (Lipinski definition) is 6. The fourth-order valence-corrected chi connectivity index (χ4v) is 3.74. The van der Waals surface area contributed by atoms with Crippen LogP contribution in [0.15, 0.2) is 54.6 Å². The Morgan fingerprint density at radius 3 is 2.63 bits per heavy atom. The lowest BCUT2D eigenvalue weighted by Crippen LogP contribution is -2.49. The van der Waals surface area contributed by atoms with Gasteiger partial charge in [0, 0.05) is 24.8 Å². The average Bonchev–Trinajstić information content (AvgIpc) is 3.08. The molecule has 2 aromatic rings. The third-order valence-electron chi connectivity index (χ3n) is 5.22. The summed E-state index contributed by atoms with van der Waals surface area (Å²) in [6, 6.07) is 16.2. The van der Waals surface area contributed by atoms with Crippen LogP contribution in [-0.2, 0) is 11.3 Å². The maximum Gasteiger partial charge on any atom is 0.319 e. The summed E-state index contributed by atoms with van der Waals surface area (Å²) < 4.78 is 11.0. The van der Waals surface area contributed by atoms with Crippen molar-refractivity contribution >= 4 is 11.7 Å². The summed E-state index contributed by atoms with van der Waals surface area (Å²) in [5, 5.41) is 25.7. The molecule has 8 nitrogen and oxygen atoms in total. The molecule has 0 aromatic heterocycles. The first-order valence-electron chi connectivity index (χ1n) is 9.89. The number of ether oxygens (including phenoxy) is 2. The summed E-state index contributed by atoms with van der Waals surface area (Å²) in [5.74, 6) is 0.642. The highest BCUT2D eigenvalue weighted by Gasteiger charge is 2.45. The molecule has 162 valence electrons. The number of amides is 2. The maximum atomic E-state index is 12.3. The molecular weight excluding hydrogens is 386 g/mol. The molecule has 0 spiro atoms. The molecule has 1 aliphatic rings. The van der Waals surface area contributed by atoms with E-state index in [-0.39, 0.29) is 19.2 Å². The molecule has 3 rings (SSSR count). The van der Waals surface area contributed by atoms with Gasteiger partial charge >= 0.3 is 6.03 Å². The number of rotatable bonds is 8. The molecule has 0 bridgehead atoms. The van der Waals surface area contributed by atoms with E-state index < -0.39 is 24.3 Å². The van der Waals surface area contributed by atoms with Crippen LogP contribution in [-0.4, -0.2) is 72.8 Å². The van der Waals surface area contributed by atoms with E-state index in [2.05, 4.69) is 10.6 Å². The lowest BCUT2D eigenvalue weighted by Gasteiger charge is -2.30. The van der Waals surface area contributed by atoms with E-state index in [1.165, 1.54) is 0 Å². The number of hydrogen-bond donors (Lipinski definition) is 4. The van der Waals surface area contributed by atoms with Crippen molar-refractivity contribution < 1.29 is 24.5 Å². The molecule has 1 fully saturated rings. The number of nitrogens with one attached hydrogen (secondary N) is 2. The minimum absolute atomic E-state index is 0.188. The zero-order valence-electron chi connectivity index (χ0n) is 17.2. The van der Waals surface area contributed by atoms with Gasteiger partial charge in [-0.05, 0) is 24.7 Å². The lowest BCUT2D eigenvalue weighted by molar-refractivity contribution is -0.0205. The number of nitrogens with zero attached hydrogens (tertiary/aromatic N) is 1. The second kappa shape index (κ2) is 10.4. The molecule has 0 saturated carbocycles. The summed E-state index contributed by atoms with van der Waals surface area (Å²) in [4.78, 5) is 14.3. The second-order valence-electron chi connectivity index (χ2n) is 7.34. The third kappa shape index (κ3) is 5.48. The van der Waals surface area contributed by atoms with E-state index in [1.54, 1.807) is 31.4 Å². The monoisotopic (exact) mass is 415 g/mol. The summed E-state index contributed by atoms with van der Waals surface area (Å²) in [6.07, 6.45) is -2.03. The number of aliphatic hydroxyl groups excluding tert-OH is 2. The van der Waals surface area contributed by atoms with Crippen molar-refractivity contribution in [1.82, 2.24) is 10.2 Å². The van der Waals surface area contributed by atoms with Crippen LogP contribution in [0.2, 0.25) is 0 Å². The topological polar surface area (TPSA) is 103 Å². The highest BCUT2D eigenvalue weighted by atomic mass is 16.5. The van der Waals surface area contributed by atoms with Crippen LogP contribution >= 0.6 is 0 Å². The summed E-state index contributed by atoms with van der Waals surface area (Å²) in [5.41, 5.74) is 1.70. The first kappa shape index (κ1) is 22.0. The van der Waals surface area contributed by atoms with Gasteiger partial charge in [0.1, 0.15) is 18.0 Å². The highest BCUT2D eigenvalue weighted by Crippen LogP contribution is 2.26.